The zero-order chi connectivity index (χ0) is 19.0. The summed E-state index contributed by atoms with van der Waals surface area (Å²) in [5.41, 5.74) is 2.41. The molecule has 1 amide bonds. The zero-order valence-corrected chi connectivity index (χ0v) is 15.1. The summed E-state index contributed by atoms with van der Waals surface area (Å²) in [5, 5.41) is 3.73. The van der Waals surface area contributed by atoms with Gasteiger partial charge in [-0.25, -0.2) is 4.79 Å². The maximum Gasteiger partial charge on any atom is 0.336 e. The number of aryl methyl sites for hydroxylation is 1. The summed E-state index contributed by atoms with van der Waals surface area (Å²) in [7, 11) is 1.61. The molecular formula is C21H19NO5. The molecule has 1 unspecified atom stereocenters. The molecule has 0 saturated heterocycles. The normalized spacial score (nSPS) is 15.7. The predicted molar refractivity (Wildman–Crippen MR) is 102 cm³/mol. The number of methoxy groups -OCH3 is 1. The van der Waals surface area contributed by atoms with Crippen LogP contribution >= 0.6 is 0 Å². The van der Waals surface area contributed by atoms with Crippen LogP contribution in [0, 0.1) is 12.8 Å². The van der Waals surface area contributed by atoms with Crippen LogP contribution in [0.15, 0.2) is 51.7 Å². The van der Waals surface area contributed by atoms with Crippen molar-refractivity contribution in [2.24, 2.45) is 5.92 Å². The van der Waals surface area contributed by atoms with Crippen LogP contribution in [0.4, 0.5) is 5.69 Å². The highest BCUT2D eigenvalue weighted by Gasteiger charge is 2.26. The lowest BCUT2D eigenvalue weighted by Gasteiger charge is -2.25. The topological polar surface area (TPSA) is 77.8 Å². The molecule has 1 aliphatic rings. The Bertz CT molecular complexity index is 1090. The van der Waals surface area contributed by atoms with Crippen molar-refractivity contribution >= 4 is 22.6 Å². The highest BCUT2D eigenvalue weighted by Crippen LogP contribution is 2.31. The van der Waals surface area contributed by atoms with Crippen LogP contribution in [-0.4, -0.2) is 19.6 Å². The van der Waals surface area contributed by atoms with Crippen molar-refractivity contribution < 1.29 is 18.7 Å². The largest absolute Gasteiger partial charge is 0.497 e. The van der Waals surface area contributed by atoms with E-state index in [1.54, 1.807) is 19.2 Å². The average molecular weight is 365 g/mol. The van der Waals surface area contributed by atoms with Crippen molar-refractivity contribution in [3.63, 3.8) is 0 Å². The lowest BCUT2D eigenvalue weighted by Crippen LogP contribution is -2.32. The Morgan fingerprint density at radius 3 is 2.85 bits per heavy atom. The van der Waals surface area contributed by atoms with E-state index in [-0.39, 0.29) is 11.8 Å². The molecule has 1 aliphatic heterocycles. The van der Waals surface area contributed by atoms with Crippen molar-refractivity contribution in [1.29, 1.82) is 0 Å². The Balaban J connectivity index is 1.54. The molecule has 3 aromatic rings. The number of hydrogen-bond donors (Lipinski definition) is 1. The summed E-state index contributed by atoms with van der Waals surface area (Å²) in [6.45, 7) is 2.16. The summed E-state index contributed by atoms with van der Waals surface area (Å²) in [4.78, 5) is 24.3. The first kappa shape index (κ1) is 17.1. The van der Waals surface area contributed by atoms with Gasteiger partial charge in [-0.1, -0.05) is 0 Å². The molecule has 0 spiro atoms. The van der Waals surface area contributed by atoms with Gasteiger partial charge in [0.1, 0.15) is 23.7 Å². The second-order valence-corrected chi connectivity index (χ2v) is 6.63. The van der Waals surface area contributed by atoms with E-state index < -0.39 is 5.63 Å². The first-order valence-electron chi connectivity index (χ1n) is 8.68. The van der Waals surface area contributed by atoms with Crippen LogP contribution in [0.2, 0.25) is 0 Å². The lowest BCUT2D eigenvalue weighted by molar-refractivity contribution is -0.121. The van der Waals surface area contributed by atoms with E-state index in [1.165, 1.54) is 6.07 Å². The van der Waals surface area contributed by atoms with Crippen LogP contribution in [0.5, 0.6) is 11.5 Å². The number of hydrogen-bond acceptors (Lipinski definition) is 5. The predicted octanol–water partition coefficient (Wildman–Crippen LogP) is 3.30. The third-order valence-electron chi connectivity index (χ3n) is 4.76. The Hall–Kier alpha value is -3.28. The molecule has 2 aromatic carbocycles. The highest BCUT2D eigenvalue weighted by atomic mass is 16.5. The van der Waals surface area contributed by atoms with Gasteiger partial charge in [-0.2, -0.15) is 0 Å². The monoisotopic (exact) mass is 365 g/mol. The van der Waals surface area contributed by atoms with Gasteiger partial charge in [0.15, 0.2) is 0 Å². The SMILES string of the molecule is COc1ccc2c(c1)CC(C(=O)Nc1ccc3c(C)cc(=O)oc3c1)CO2. The second-order valence-electron chi connectivity index (χ2n) is 6.63. The fourth-order valence-corrected chi connectivity index (χ4v) is 3.31. The number of fused-ring (bicyclic) bond motifs is 2. The zero-order valence-electron chi connectivity index (χ0n) is 15.1. The van der Waals surface area contributed by atoms with Crippen molar-refractivity contribution in [2.45, 2.75) is 13.3 Å². The smallest absolute Gasteiger partial charge is 0.336 e. The number of carbonyl (C=O) groups excluding carboxylic acids is 1. The third-order valence-corrected chi connectivity index (χ3v) is 4.76. The van der Waals surface area contributed by atoms with Crippen LogP contribution in [0.1, 0.15) is 11.1 Å². The molecule has 0 fully saturated rings. The van der Waals surface area contributed by atoms with Gasteiger partial charge in [0.05, 0.1) is 13.0 Å². The minimum absolute atomic E-state index is 0.141. The van der Waals surface area contributed by atoms with E-state index in [0.717, 1.165) is 28.0 Å². The number of benzene rings is 2. The molecular weight excluding hydrogens is 346 g/mol. The van der Waals surface area contributed by atoms with E-state index in [2.05, 4.69) is 5.32 Å². The van der Waals surface area contributed by atoms with Crippen molar-refractivity contribution in [3.8, 4) is 11.5 Å². The number of nitrogens with one attached hydrogen (secondary N) is 1. The number of rotatable bonds is 3. The Morgan fingerprint density at radius 1 is 1.19 bits per heavy atom. The quantitative estimate of drug-likeness (QED) is 0.721. The summed E-state index contributed by atoms with van der Waals surface area (Å²) in [5.74, 6) is 1.06. The van der Waals surface area contributed by atoms with Gasteiger partial charge in [-0.3, -0.25) is 4.79 Å². The molecule has 6 heteroatoms. The fraction of sp³-hybridized carbons (Fsp3) is 0.238. The molecule has 4 rings (SSSR count). The number of anilines is 1. The summed E-state index contributed by atoms with van der Waals surface area (Å²) >= 11 is 0. The molecule has 2 heterocycles. The van der Waals surface area contributed by atoms with Crippen molar-refractivity contribution in [2.75, 3.05) is 19.0 Å². The van der Waals surface area contributed by atoms with E-state index in [9.17, 15) is 9.59 Å². The van der Waals surface area contributed by atoms with Gasteiger partial charge < -0.3 is 19.2 Å². The van der Waals surface area contributed by atoms with E-state index in [0.29, 0.717) is 24.3 Å². The molecule has 138 valence electrons. The van der Waals surface area contributed by atoms with E-state index in [1.807, 2.05) is 31.2 Å². The van der Waals surface area contributed by atoms with Gasteiger partial charge >= 0.3 is 5.63 Å². The van der Waals surface area contributed by atoms with Crippen LogP contribution in [0.25, 0.3) is 11.0 Å². The summed E-state index contributed by atoms with van der Waals surface area (Å²) in [6.07, 6.45) is 0.570. The van der Waals surface area contributed by atoms with Gasteiger partial charge in [-0.05, 0) is 54.8 Å². The standard InChI is InChI=1S/C21H19NO5/c1-12-7-20(23)27-19-10-15(3-5-17(12)19)22-21(24)14-8-13-9-16(25-2)4-6-18(13)26-11-14/h3-7,9-10,14H,8,11H2,1-2H3,(H,22,24). The fourth-order valence-electron chi connectivity index (χ4n) is 3.31. The molecule has 1 atom stereocenters. The van der Waals surface area contributed by atoms with Crippen LogP contribution in [-0.2, 0) is 11.2 Å². The van der Waals surface area contributed by atoms with E-state index >= 15 is 0 Å². The molecule has 0 aliphatic carbocycles. The summed E-state index contributed by atoms with van der Waals surface area (Å²) < 4.78 is 16.2. The maximum absolute atomic E-state index is 12.7. The molecule has 6 nitrogen and oxygen atoms in total. The average Bonchev–Trinajstić information content (AvgIpc) is 2.66. The third kappa shape index (κ3) is 3.38. The van der Waals surface area contributed by atoms with Crippen molar-refractivity contribution in [1.82, 2.24) is 0 Å². The number of carbonyl (C=O) groups is 1. The minimum Gasteiger partial charge on any atom is -0.497 e. The van der Waals surface area contributed by atoms with Crippen LogP contribution < -0.4 is 20.4 Å². The van der Waals surface area contributed by atoms with Gasteiger partial charge in [0.2, 0.25) is 5.91 Å². The Kier molecular flexibility index (Phi) is 4.32. The lowest BCUT2D eigenvalue weighted by atomic mass is 9.95. The second kappa shape index (κ2) is 6.79. The molecule has 0 bridgehead atoms. The minimum atomic E-state index is -0.408. The molecule has 1 aromatic heterocycles. The van der Waals surface area contributed by atoms with Gasteiger partial charge in [0, 0.05) is 23.2 Å². The van der Waals surface area contributed by atoms with Gasteiger partial charge in [-0.15, -0.1) is 0 Å². The summed E-state index contributed by atoms with van der Waals surface area (Å²) in [6, 6.07) is 12.3. The maximum atomic E-state index is 12.7. The molecule has 0 saturated carbocycles. The molecule has 1 N–H and O–H groups in total. The van der Waals surface area contributed by atoms with Crippen LogP contribution in [0.3, 0.4) is 0 Å². The first-order valence-corrected chi connectivity index (χ1v) is 8.68. The first-order chi connectivity index (χ1) is 13.0. The highest BCUT2D eigenvalue weighted by molar-refractivity contribution is 5.95. The van der Waals surface area contributed by atoms with Gasteiger partial charge in [0.25, 0.3) is 0 Å². The molecule has 27 heavy (non-hydrogen) atoms. The van der Waals surface area contributed by atoms with E-state index in [4.69, 9.17) is 13.9 Å². The number of ether oxygens (including phenoxy) is 2. The Labute approximate surface area is 155 Å². The molecule has 0 radical (unpaired) electrons. The van der Waals surface area contributed by atoms with Crippen molar-refractivity contribution in [3.05, 3.63) is 64.0 Å². The Morgan fingerprint density at radius 2 is 2.04 bits per heavy atom. The number of amides is 1.